The largest absolute Gasteiger partial charge is 0.173 e. The Kier molecular flexibility index (Phi) is 1.98. The van der Waals surface area contributed by atoms with E-state index in [9.17, 15) is 0 Å². The first-order valence-electron chi connectivity index (χ1n) is 2.09. The van der Waals surface area contributed by atoms with Crippen molar-refractivity contribution < 1.29 is 0 Å². The van der Waals surface area contributed by atoms with Gasteiger partial charge < -0.3 is 0 Å². The summed E-state index contributed by atoms with van der Waals surface area (Å²) in [6, 6.07) is 0. The van der Waals surface area contributed by atoms with Crippen LogP contribution in [0.15, 0.2) is 0 Å². The zero-order valence-electron chi connectivity index (χ0n) is 4.52. The van der Waals surface area contributed by atoms with Gasteiger partial charge in [0.05, 0.1) is 0 Å². The lowest BCUT2D eigenvalue weighted by Crippen LogP contribution is -2.07. The number of rotatable bonds is 1. The van der Waals surface area contributed by atoms with E-state index >= 15 is 0 Å². The lowest BCUT2D eigenvalue weighted by Gasteiger charge is -2.11. The fourth-order valence-corrected chi connectivity index (χ4v) is 0. The van der Waals surface area contributed by atoms with Gasteiger partial charge in [-0.3, -0.25) is 0 Å². The lowest BCUT2D eigenvalue weighted by molar-refractivity contribution is 0.834. The molecule has 6 heavy (non-hydrogen) atoms. The molecule has 0 fully saturated rings. The average Bonchev–Trinajstić information content (AvgIpc) is 1.35. The molecule has 1 heteroatoms. The van der Waals surface area contributed by atoms with Crippen LogP contribution >= 0.6 is 12.6 Å². The third-order valence-corrected chi connectivity index (χ3v) is 0.965. The molecule has 1 radical (unpaired) electrons. The molecule has 0 spiro atoms. The van der Waals surface area contributed by atoms with Crippen LogP contribution in [0.2, 0.25) is 0 Å². The minimum absolute atomic E-state index is 0.111. The van der Waals surface area contributed by atoms with E-state index in [1.54, 1.807) is 0 Å². The maximum absolute atomic E-state index is 4.20. The highest BCUT2D eigenvalue weighted by molar-refractivity contribution is 7.81. The van der Waals surface area contributed by atoms with Gasteiger partial charge in [0, 0.05) is 4.75 Å². The highest BCUT2D eigenvalue weighted by Gasteiger charge is 2.05. The van der Waals surface area contributed by atoms with Gasteiger partial charge in [-0.15, -0.1) is 0 Å². The molecule has 37 valence electrons. The molecule has 0 aliphatic rings. The Morgan fingerprint density at radius 2 is 1.67 bits per heavy atom. The van der Waals surface area contributed by atoms with Crippen LogP contribution < -0.4 is 0 Å². The average molecular weight is 103 g/mol. The van der Waals surface area contributed by atoms with Crippen molar-refractivity contribution in [2.24, 2.45) is 0 Å². The molecule has 0 heterocycles. The van der Waals surface area contributed by atoms with Crippen molar-refractivity contribution in [2.45, 2.75) is 25.5 Å². The molecule has 0 saturated carbocycles. The second-order valence-corrected chi connectivity index (χ2v) is 3.09. The van der Waals surface area contributed by atoms with Crippen LogP contribution in [0.4, 0.5) is 0 Å². The molecule has 0 bridgehead atoms. The highest BCUT2D eigenvalue weighted by atomic mass is 32.1. The smallest absolute Gasteiger partial charge is 0.0102 e. The fraction of sp³-hybridized carbons (Fsp3) is 0.800. The first-order chi connectivity index (χ1) is 2.56. The molecule has 0 amide bonds. The van der Waals surface area contributed by atoms with Gasteiger partial charge in [0.25, 0.3) is 0 Å². The topological polar surface area (TPSA) is 0 Å². The first-order valence-corrected chi connectivity index (χ1v) is 2.54. The van der Waals surface area contributed by atoms with Crippen LogP contribution in [0, 0.1) is 6.42 Å². The molecule has 0 rings (SSSR count). The van der Waals surface area contributed by atoms with E-state index in [-0.39, 0.29) is 4.75 Å². The lowest BCUT2D eigenvalue weighted by atomic mass is 10.1. The van der Waals surface area contributed by atoms with Crippen LogP contribution in [0.25, 0.3) is 0 Å². The molecule has 0 N–H and O–H groups in total. The van der Waals surface area contributed by atoms with Crippen molar-refractivity contribution >= 4 is 12.6 Å². The van der Waals surface area contributed by atoms with E-state index < -0.39 is 0 Å². The summed E-state index contributed by atoms with van der Waals surface area (Å²) < 4.78 is 0.111. The van der Waals surface area contributed by atoms with Gasteiger partial charge in [-0.25, -0.2) is 0 Å². The predicted molar refractivity (Wildman–Crippen MR) is 33.0 cm³/mol. The van der Waals surface area contributed by atoms with E-state index in [0.717, 1.165) is 0 Å². The van der Waals surface area contributed by atoms with E-state index in [1.165, 1.54) is 0 Å². The van der Waals surface area contributed by atoms with Gasteiger partial charge in [0.2, 0.25) is 0 Å². The Morgan fingerprint density at radius 1 is 1.50 bits per heavy atom. The van der Waals surface area contributed by atoms with Crippen molar-refractivity contribution in [1.82, 2.24) is 0 Å². The summed E-state index contributed by atoms with van der Waals surface area (Å²) in [5.41, 5.74) is 0. The Labute approximate surface area is 45.4 Å². The zero-order valence-corrected chi connectivity index (χ0v) is 5.42. The molecule has 0 aromatic rings. The summed E-state index contributed by atoms with van der Waals surface area (Å²) >= 11 is 4.20. The Bertz CT molecular complexity index is 33.7. The molecule has 0 saturated heterocycles. The SMILES string of the molecule is C[CH]C(C)(C)S. The maximum Gasteiger partial charge on any atom is 0.0102 e. The quantitative estimate of drug-likeness (QED) is 0.482. The van der Waals surface area contributed by atoms with Crippen LogP contribution in [-0.2, 0) is 0 Å². The van der Waals surface area contributed by atoms with E-state index in [2.05, 4.69) is 32.9 Å². The van der Waals surface area contributed by atoms with Crippen molar-refractivity contribution in [1.29, 1.82) is 0 Å². The van der Waals surface area contributed by atoms with E-state index in [1.807, 2.05) is 6.92 Å². The van der Waals surface area contributed by atoms with Crippen molar-refractivity contribution in [2.75, 3.05) is 0 Å². The minimum Gasteiger partial charge on any atom is -0.173 e. The Hall–Kier alpha value is 0.350. The van der Waals surface area contributed by atoms with Gasteiger partial charge in [-0.1, -0.05) is 20.8 Å². The van der Waals surface area contributed by atoms with E-state index in [4.69, 9.17) is 0 Å². The van der Waals surface area contributed by atoms with Crippen LogP contribution in [0.1, 0.15) is 20.8 Å². The predicted octanol–water partition coefficient (Wildman–Crippen LogP) is 1.92. The Morgan fingerprint density at radius 3 is 1.67 bits per heavy atom. The standard InChI is InChI=1S/C5H11S/c1-4-5(2,3)6/h4,6H,1-3H3. The van der Waals surface area contributed by atoms with Crippen molar-refractivity contribution in [3.05, 3.63) is 6.42 Å². The summed E-state index contributed by atoms with van der Waals surface area (Å²) in [5, 5.41) is 0. The summed E-state index contributed by atoms with van der Waals surface area (Å²) in [6.07, 6.45) is 2.05. The van der Waals surface area contributed by atoms with Crippen LogP contribution in [0.3, 0.4) is 0 Å². The van der Waals surface area contributed by atoms with Gasteiger partial charge >= 0.3 is 0 Å². The minimum atomic E-state index is 0.111. The van der Waals surface area contributed by atoms with E-state index in [0.29, 0.717) is 0 Å². The number of hydrogen-bond acceptors (Lipinski definition) is 1. The van der Waals surface area contributed by atoms with Crippen molar-refractivity contribution in [3.63, 3.8) is 0 Å². The highest BCUT2D eigenvalue weighted by Crippen LogP contribution is 2.13. The third-order valence-electron chi connectivity index (χ3n) is 0.706. The van der Waals surface area contributed by atoms with Gasteiger partial charge in [0.1, 0.15) is 0 Å². The van der Waals surface area contributed by atoms with Gasteiger partial charge in [-0.2, -0.15) is 12.6 Å². The normalized spacial score (nSPS) is 12.0. The van der Waals surface area contributed by atoms with Gasteiger partial charge in [0.15, 0.2) is 0 Å². The number of hydrogen-bond donors (Lipinski definition) is 1. The summed E-state index contributed by atoms with van der Waals surface area (Å²) in [7, 11) is 0. The van der Waals surface area contributed by atoms with Gasteiger partial charge in [-0.05, 0) is 6.42 Å². The monoisotopic (exact) mass is 103 g/mol. The second-order valence-electron chi connectivity index (χ2n) is 1.94. The molecule has 0 unspecified atom stereocenters. The third kappa shape index (κ3) is 4.35. The molecule has 0 atom stereocenters. The van der Waals surface area contributed by atoms with Crippen LogP contribution in [0.5, 0.6) is 0 Å². The summed E-state index contributed by atoms with van der Waals surface area (Å²) in [6.45, 7) is 6.11. The van der Waals surface area contributed by atoms with Crippen LogP contribution in [-0.4, -0.2) is 4.75 Å². The molecular formula is C5H11S. The van der Waals surface area contributed by atoms with Crippen molar-refractivity contribution in [3.8, 4) is 0 Å². The molecule has 0 aliphatic heterocycles. The fourth-order valence-electron chi connectivity index (χ4n) is 0. The molecule has 0 aromatic carbocycles. The number of thiol groups is 1. The molecule has 0 aromatic heterocycles. The summed E-state index contributed by atoms with van der Waals surface area (Å²) in [4.78, 5) is 0. The maximum atomic E-state index is 4.20. The molecule has 0 nitrogen and oxygen atoms in total. The zero-order chi connectivity index (χ0) is 5.21. The molecule has 0 aliphatic carbocycles. The molecular weight excluding hydrogens is 92.1 g/mol. The first kappa shape index (κ1) is 6.35. The summed E-state index contributed by atoms with van der Waals surface area (Å²) in [5.74, 6) is 0. The Balaban J connectivity index is 3.17. The second kappa shape index (κ2) is 1.87.